The van der Waals surface area contributed by atoms with Crippen molar-refractivity contribution in [2.24, 2.45) is 11.3 Å². The first kappa shape index (κ1) is 9.83. The van der Waals surface area contributed by atoms with Crippen molar-refractivity contribution in [2.45, 2.75) is 53.4 Å². The molecular formula is C12H22. The van der Waals surface area contributed by atoms with Gasteiger partial charge in [0.1, 0.15) is 0 Å². The Kier molecular flexibility index (Phi) is 2.98. The van der Waals surface area contributed by atoms with Crippen molar-refractivity contribution < 1.29 is 0 Å². The zero-order chi connectivity index (χ0) is 9.19. The molecule has 1 unspecified atom stereocenters. The zero-order valence-corrected chi connectivity index (χ0v) is 8.98. The minimum atomic E-state index is 0.524. The zero-order valence-electron chi connectivity index (χ0n) is 8.98. The third-order valence-electron chi connectivity index (χ3n) is 3.60. The van der Waals surface area contributed by atoms with E-state index in [1.165, 1.54) is 25.7 Å². The summed E-state index contributed by atoms with van der Waals surface area (Å²) in [4.78, 5) is 0. The summed E-state index contributed by atoms with van der Waals surface area (Å²) in [6.07, 6.45) is 7.81. The topological polar surface area (TPSA) is 0 Å². The van der Waals surface area contributed by atoms with Crippen molar-refractivity contribution >= 4 is 0 Å². The van der Waals surface area contributed by atoms with Crippen LogP contribution in [0.5, 0.6) is 0 Å². The van der Waals surface area contributed by atoms with E-state index in [2.05, 4.69) is 33.8 Å². The van der Waals surface area contributed by atoms with Crippen LogP contribution in [0.2, 0.25) is 0 Å². The van der Waals surface area contributed by atoms with Crippen molar-refractivity contribution in [1.29, 1.82) is 0 Å². The third-order valence-corrected chi connectivity index (χ3v) is 3.60. The largest absolute Gasteiger partial charge is 0.0850 e. The summed E-state index contributed by atoms with van der Waals surface area (Å²) in [6, 6.07) is 0. The lowest BCUT2D eigenvalue weighted by molar-refractivity contribution is 0.285. The van der Waals surface area contributed by atoms with Gasteiger partial charge >= 0.3 is 0 Å². The van der Waals surface area contributed by atoms with Crippen LogP contribution in [0.1, 0.15) is 53.4 Å². The molecule has 0 amide bonds. The summed E-state index contributed by atoms with van der Waals surface area (Å²) in [6.45, 7) is 9.39. The second-order valence-electron chi connectivity index (χ2n) is 4.56. The lowest BCUT2D eigenvalue weighted by Gasteiger charge is -2.30. The molecule has 12 heavy (non-hydrogen) atoms. The Morgan fingerprint density at radius 3 is 2.67 bits per heavy atom. The van der Waals surface area contributed by atoms with E-state index in [9.17, 15) is 0 Å². The summed E-state index contributed by atoms with van der Waals surface area (Å²) in [5.41, 5.74) is 2.25. The van der Waals surface area contributed by atoms with E-state index >= 15 is 0 Å². The fourth-order valence-corrected chi connectivity index (χ4v) is 2.33. The van der Waals surface area contributed by atoms with Crippen LogP contribution in [-0.2, 0) is 0 Å². The Balaban J connectivity index is 2.81. The molecule has 70 valence electrons. The number of allylic oxidation sites excluding steroid dienone is 2. The van der Waals surface area contributed by atoms with Crippen LogP contribution in [0.4, 0.5) is 0 Å². The number of hydrogen-bond donors (Lipinski definition) is 0. The van der Waals surface area contributed by atoms with Crippen molar-refractivity contribution in [3.63, 3.8) is 0 Å². The molecule has 0 nitrogen and oxygen atoms in total. The van der Waals surface area contributed by atoms with E-state index < -0.39 is 0 Å². The van der Waals surface area contributed by atoms with Crippen molar-refractivity contribution in [2.75, 3.05) is 0 Å². The molecule has 0 bridgehead atoms. The summed E-state index contributed by atoms with van der Waals surface area (Å²) in [7, 11) is 0. The minimum absolute atomic E-state index is 0.524. The average molecular weight is 166 g/mol. The summed E-state index contributed by atoms with van der Waals surface area (Å²) in [5, 5.41) is 0. The Labute approximate surface area is 77.1 Å². The first-order valence-corrected chi connectivity index (χ1v) is 5.30. The third kappa shape index (κ3) is 1.57. The van der Waals surface area contributed by atoms with Gasteiger partial charge in [-0.2, -0.15) is 0 Å². The summed E-state index contributed by atoms with van der Waals surface area (Å²) in [5.74, 6) is 0.804. The first-order chi connectivity index (χ1) is 5.61. The molecule has 0 N–H and O–H groups in total. The van der Waals surface area contributed by atoms with Crippen LogP contribution in [0, 0.1) is 11.3 Å². The predicted molar refractivity (Wildman–Crippen MR) is 55.2 cm³/mol. The quantitative estimate of drug-likeness (QED) is 0.540. The minimum Gasteiger partial charge on any atom is -0.0850 e. The maximum Gasteiger partial charge on any atom is -0.00933 e. The van der Waals surface area contributed by atoms with Gasteiger partial charge in [-0.25, -0.2) is 0 Å². The maximum absolute atomic E-state index is 2.45. The lowest BCUT2D eigenvalue weighted by Crippen LogP contribution is -2.21. The monoisotopic (exact) mass is 166 g/mol. The highest BCUT2D eigenvalue weighted by Crippen LogP contribution is 2.47. The fourth-order valence-electron chi connectivity index (χ4n) is 2.33. The van der Waals surface area contributed by atoms with Gasteiger partial charge in [-0.05, 0) is 37.0 Å². The fraction of sp³-hybridized carbons (Fsp3) is 0.833. The molecule has 0 radical (unpaired) electrons. The van der Waals surface area contributed by atoms with E-state index in [4.69, 9.17) is 0 Å². The Hall–Kier alpha value is -0.260. The van der Waals surface area contributed by atoms with Gasteiger partial charge in [-0.15, -0.1) is 0 Å². The molecule has 0 aromatic heterocycles. The van der Waals surface area contributed by atoms with Crippen LogP contribution in [0.3, 0.4) is 0 Å². The average Bonchev–Trinajstić information content (AvgIpc) is 2.35. The lowest BCUT2D eigenvalue weighted by atomic mass is 9.74. The van der Waals surface area contributed by atoms with Crippen molar-refractivity contribution in [1.82, 2.24) is 0 Å². The smallest absolute Gasteiger partial charge is 0.00933 e. The Bertz CT molecular complexity index is 176. The summed E-state index contributed by atoms with van der Waals surface area (Å²) >= 11 is 0. The molecule has 1 atom stereocenters. The van der Waals surface area contributed by atoms with Gasteiger partial charge < -0.3 is 0 Å². The maximum atomic E-state index is 2.45. The molecule has 0 spiro atoms. The second-order valence-corrected chi connectivity index (χ2v) is 4.56. The highest BCUT2D eigenvalue weighted by molar-refractivity contribution is 5.18. The highest BCUT2D eigenvalue weighted by atomic mass is 14.4. The van der Waals surface area contributed by atoms with E-state index in [-0.39, 0.29) is 0 Å². The van der Waals surface area contributed by atoms with Crippen LogP contribution < -0.4 is 0 Å². The predicted octanol–water partition coefficient (Wildman–Crippen LogP) is 4.17. The van der Waals surface area contributed by atoms with E-state index in [1.54, 1.807) is 5.57 Å². The van der Waals surface area contributed by atoms with Crippen LogP contribution in [0.25, 0.3) is 0 Å². The molecule has 1 fully saturated rings. The second kappa shape index (κ2) is 3.64. The molecule has 0 aliphatic heterocycles. The van der Waals surface area contributed by atoms with Gasteiger partial charge in [-0.3, -0.25) is 0 Å². The van der Waals surface area contributed by atoms with Gasteiger partial charge in [-0.1, -0.05) is 39.3 Å². The molecule has 0 aromatic carbocycles. The molecule has 1 saturated carbocycles. The molecule has 0 aromatic rings. The standard InChI is InChI=1S/C12H22/c1-5-7-11-8-6-9-12(11,4)10(2)3/h7,10H,5-6,8-9H2,1-4H3/b11-7-. The SMILES string of the molecule is CC/C=C1/CCCC1(C)C(C)C. The van der Waals surface area contributed by atoms with E-state index in [0.29, 0.717) is 5.41 Å². The van der Waals surface area contributed by atoms with Crippen molar-refractivity contribution in [3.8, 4) is 0 Å². The molecule has 0 heterocycles. The number of rotatable bonds is 2. The van der Waals surface area contributed by atoms with Gasteiger partial charge in [0, 0.05) is 0 Å². The van der Waals surface area contributed by atoms with Crippen LogP contribution in [-0.4, -0.2) is 0 Å². The molecule has 1 aliphatic carbocycles. The Morgan fingerprint density at radius 2 is 2.17 bits per heavy atom. The molecule has 1 aliphatic rings. The highest BCUT2D eigenvalue weighted by Gasteiger charge is 2.35. The molecular weight excluding hydrogens is 144 g/mol. The van der Waals surface area contributed by atoms with Crippen LogP contribution in [0.15, 0.2) is 11.6 Å². The normalized spacial score (nSPS) is 33.6. The first-order valence-electron chi connectivity index (χ1n) is 5.30. The molecule has 0 heteroatoms. The van der Waals surface area contributed by atoms with Gasteiger partial charge in [0.2, 0.25) is 0 Å². The van der Waals surface area contributed by atoms with Gasteiger partial charge in [0.25, 0.3) is 0 Å². The van der Waals surface area contributed by atoms with E-state index in [1.807, 2.05) is 0 Å². The van der Waals surface area contributed by atoms with E-state index in [0.717, 1.165) is 5.92 Å². The van der Waals surface area contributed by atoms with Gasteiger partial charge in [0.05, 0.1) is 0 Å². The van der Waals surface area contributed by atoms with Crippen LogP contribution >= 0.6 is 0 Å². The Morgan fingerprint density at radius 1 is 1.50 bits per heavy atom. The molecule has 0 saturated heterocycles. The van der Waals surface area contributed by atoms with Crippen molar-refractivity contribution in [3.05, 3.63) is 11.6 Å². The van der Waals surface area contributed by atoms with Gasteiger partial charge in [0.15, 0.2) is 0 Å². The summed E-state index contributed by atoms with van der Waals surface area (Å²) < 4.78 is 0. The number of hydrogen-bond acceptors (Lipinski definition) is 0. The molecule has 1 rings (SSSR count).